The highest BCUT2D eigenvalue weighted by Gasteiger charge is 2.22. The van der Waals surface area contributed by atoms with E-state index in [1.807, 2.05) is 53.4 Å². The molecule has 0 aliphatic carbocycles. The molecular weight excluding hydrogens is 380 g/mol. The van der Waals surface area contributed by atoms with E-state index in [9.17, 15) is 4.79 Å². The molecule has 0 aliphatic heterocycles. The van der Waals surface area contributed by atoms with Crippen molar-refractivity contribution in [3.63, 3.8) is 0 Å². The van der Waals surface area contributed by atoms with E-state index in [0.717, 1.165) is 27.8 Å². The second-order valence-corrected chi connectivity index (χ2v) is 6.72. The Hall–Kier alpha value is -2.01. The Morgan fingerprint density at radius 1 is 1.20 bits per heavy atom. The number of nitrogens with zero attached hydrogens (tertiary/aromatic N) is 1. The van der Waals surface area contributed by atoms with Crippen LogP contribution in [0.1, 0.15) is 37.4 Å². The SMILES string of the molecule is CCCN(C(=O)NCc1ccccc1OC)[C@@H](C)c1ccccc1Br. The average Bonchev–Trinajstić information content (AvgIpc) is 2.64. The summed E-state index contributed by atoms with van der Waals surface area (Å²) in [5, 5.41) is 3.02. The van der Waals surface area contributed by atoms with Crippen LogP contribution in [-0.2, 0) is 6.54 Å². The molecule has 2 rings (SSSR count). The first-order valence-corrected chi connectivity index (χ1v) is 9.28. The Bertz CT molecular complexity index is 706. The maximum absolute atomic E-state index is 12.8. The molecule has 5 heteroatoms. The summed E-state index contributed by atoms with van der Waals surface area (Å²) in [4.78, 5) is 14.7. The van der Waals surface area contributed by atoms with E-state index in [4.69, 9.17) is 4.74 Å². The van der Waals surface area contributed by atoms with Crippen LogP contribution >= 0.6 is 15.9 Å². The first-order chi connectivity index (χ1) is 12.1. The molecular formula is C20H25BrN2O2. The second kappa shape index (κ2) is 9.47. The number of benzene rings is 2. The number of halogens is 1. The largest absolute Gasteiger partial charge is 0.496 e. The maximum atomic E-state index is 12.8. The third kappa shape index (κ3) is 4.98. The Kier molecular flexibility index (Phi) is 7.31. The molecule has 2 aromatic carbocycles. The molecule has 0 bridgehead atoms. The summed E-state index contributed by atoms with van der Waals surface area (Å²) in [6.07, 6.45) is 0.900. The minimum absolute atomic E-state index is 0.0202. The van der Waals surface area contributed by atoms with Gasteiger partial charge in [0.1, 0.15) is 5.75 Å². The number of amides is 2. The van der Waals surface area contributed by atoms with Crippen molar-refractivity contribution in [2.75, 3.05) is 13.7 Å². The highest BCUT2D eigenvalue weighted by molar-refractivity contribution is 9.10. The lowest BCUT2D eigenvalue weighted by molar-refractivity contribution is 0.178. The third-order valence-corrected chi connectivity index (χ3v) is 4.89. The van der Waals surface area contributed by atoms with Gasteiger partial charge in [-0.2, -0.15) is 0 Å². The van der Waals surface area contributed by atoms with E-state index in [0.29, 0.717) is 13.1 Å². The Labute approximate surface area is 158 Å². The van der Waals surface area contributed by atoms with Crippen LogP contribution < -0.4 is 10.1 Å². The summed E-state index contributed by atoms with van der Waals surface area (Å²) < 4.78 is 6.36. The van der Waals surface area contributed by atoms with Crippen molar-refractivity contribution in [1.82, 2.24) is 10.2 Å². The van der Waals surface area contributed by atoms with Crippen molar-refractivity contribution >= 4 is 22.0 Å². The van der Waals surface area contributed by atoms with Gasteiger partial charge in [-0.3, -0.25) is 0 Å². The fourth-order valence-corrected chi connectivity index (χ4v) is 3.43. The molecule has 0 radical (unpaired) electrons. The quantitative estimate of drug-likeness (QED) is 0.693. The lowest BCUT2D eigenvalue weighted by atomic mass is 10.1. The van der Waals surface area contributed by atoms with Gasteiger partial charge in [0.15, 0.2) is 0 Å². The van der Waals surface area contributed by atoms with Gasteiger partial charge >= 0.3 is 6.03 Å². The average molecular weight is 405 g/mol. The van der Waals surface area contributed by atoms with Gasteiger partial charge < -0.3 is 15.0 Å². The molecule has 25 heavy (non-hydrogen) atoms. The van der Waals surface area contributed by atoms with Gasteiger partial charge in [-0.05, 0) is 31.0 Å². The van der Waals surface area contributed by atoms with Gasteiger partial charge in [0.2, 0.25) is 0 Å². The van der Waals surface area contributed by atoms with E-state index in [1.54, 1.807) is 7.11 Å². The predicted molar refractivity (Wildman–Crippen MR) is 105 cm³/mol. The van der Waals surface area contributed by atoms with Crippen molar-refractivity contribution < 1.29 is 9.53 Å². The van der Waals surface area contributed by atoms with Crippen LogP contribution in [0.5, 0.6) is 5.75 Å². The molecule has 0 spiro atoms. The summed E-state index contributed by atoms with van der Waals surface area (Å²) in [5.74, 6) is 0.781. The third-order valence-electron chi connectivity index (χ3n) is 4.17. The first kappa shape index (κ1) is 19.3. The number of carbonyl (C=O) groups is 1. The molecule has 0 aromatic heterocycles. The topological polar surface area (TPSA) is 41.6 Å². The number of ether oxygens (including phenoxy) is 1. The molecule has 0 saturated carbocycles. The number of rotatable bonds is 7. The number of carbonyl (C=O) groups excluding carboxylic acids is 1. The molecule has 0 heterocycles. The van der Waals surface area contributed by atoms with Crippen molar-refractivity contribution in [3.8, 4) is 5.75 Å². The van der Waals surface area contributed by atoms with Crippen LogP contribution in [0.25, 0.3) is 0 Å². The van der Waals surface area contributed by atoms with Gasteiger partial charge in [0.05, 0.1) is 13.2 Å². The van der Waals surface area contributed by atoms with Gasteiger partial charge in [-0.15, -0.1) is 0 Å². The van der Waals surface area contributed by atoms with Gasteiger partial charge in [-0.25, -0.2) is 4.79 Å². The Morgan fingerprint density at radius 3 is 2.56 bits per heavy atom. The molecule has 0 aliphatic rings. The minimum Gasteiger partial charge on any atom is -0.496 e. The molecule has 0 unspecified atom stereocenters. The number of hydrogen-bond acceptors (Lipinski definition) is 2. The van der Waals surface area contributed by atoms with Crippen LogP contribution in [0.2, 0.25) is 0 Å². The maximum Gasteiger partial charge on any atom is 0.318 e. The Morgan fingerprint density at radius 2 is 1.88 bits per heavy atom. The van der Waals surface area contributed by atoms with E-state index in [2.05, 4.69) is 35.1 Å². The number of urea groups is 1. The Balaban J connectivity index is 2.11. The number of hydrogen-bond donors (Lipinski definition) is 1. The molecule has 1 N–H and O–H groups in total. The summed E-state index contributed by atoms with van der Waals surface area (Å²) in [5.41, 5.74) is 2.06. The van der Waals surface area contributed by atoms with E-state index in [-0.39, 0.29) is 12.1 Å². The van der Waals surface area contributed by atoms with Crippen LogP contribution in [0, 0.1) is 0 Å². The predicted octanol–water partition coefficient (Wildman–Crippen LogP) is 5.14. The molecule has 0 saturated heterocycles. The van der Waals surface area contributed by atoms with E-state index in [1.165, 1.54) is 0 Å². The molecule has 0 fully saturated rings. The molecule has 134 valence electrons. The summed E-state index contributed by atoms with van der Waals surface area (Å²) >= 11 is 3.59. The first-order valence-electron chi connectivity index (χ1n) is 8.49. The van der Waals surface area contributed by atoms with E-state index < -0.39 is 0 Å². The van der Waals surface area contributed by atoms with Crippen molar-refractivity contribution in [3.05, 3.63) is 64.1 Å². The summed E-state index contributed by atoms with van der Waals surface area (Å²) in [7, 11) is 1.64. The fraction of sp³-hybridized carbons (Fsp3) is 0.350. The van der Waals surface area contributed by atoms with Crippen molar-refractivity contribution in [1.29, 1.82) is 0 Å². The summed E-state index contributed by atoms with van der Waals surface area (Å²) in [6, 6.07) is 15.6. The zero-order valence-corrected chi connectivity index (χ0v) is 16.5. The van der Waals surface area contributed by atoms with Gasteiger partial charge in [0.25, 0.3) is 0 Å². The standard InChI is InChI=1S/C20H25BrN2O2/c1-4-13-23(15(2)17-10-6-7-11-18(17)21)20(24)22-14-16-9-5-8-12-19(16)25-3/h5-12,15H,4,13-14H2,1-3H3,(H,22,24)/t15-/m0/s1. The highest BCUT2D eigenvalue weighted by Crippen LogP contribution is 2.28. The lowest BCUT2D eigenvalue weighted by Crippen LogP contribution is -2.41. The zero-order chi connectivity index (χ0) is 18.2. The second-order valence-electron chi connectivity index (χ2n) is 5.86. The molecule has 1 atom stereocenters. The smallest absolute Gasteiger partial charge is 0.318 e. The van der Waals surface area contributed by atoms with Crippen molar-refractivity contribution in [2.45, 2.75) is 32.9 Å². The molecule has 4 nitrogen and oxygen atoms in total. The van der Waals surface area contributed by atoms with Crippen LogP contribution in [0.4, 0.5) is 4.79 Å². The molecule has 2 aromatic rings. The van der Waals surface area contributed by atoms with Crippen LogP contribution in [0.15, 0.2) is 53.0 Å². The van der Waals surface area contributed by atoms with Gasteiger partial charge in [0, 0.05) is 23.1 Å². The number of nitrogens with one attached hydrogen (secondary N) is 1. The number of methoxy groups -OCH3 is 1. The minimum atomic E-state index is -0.0731. The highest BCUT2D eigenvalue weighted by atomic mass is 79.9. The van der Waals surface area contributed by atoms with Crippen LogP contribution in [0.3, 0.4) is 0 Å². The normalized spacial score (nSPS) is 11.7. The monoisotopic (exact) mass is 404 g/mol. The van der Waals surface area contributed by atoms with Gasteiger partial charge in [-0.1, -0.05) is 59.3 Å². The van der Waals surface area contributed by atoms with Crippen LogP contribution in [-0.4, -0.2) is 24.6 Å². The fourth-order valence-electron chi connectivity index (χ4n) is 2.82. The number of para-hydroxylation sites is 1. The zero-order valence-electron chi connectivity index (χ0n) is 15.0. The van der Waals surface area contributed by atoms with Crippen molar-refractivity contribution in [2.24, 2.45) is 0 Å². The van der Waals surface area contributed by atoms with E-state index >= 15 is 0 Å². The summed E-state index contributed by atoms with van der Waals surface area (Å²) in [6.45, 7) is 5.26. The lowest BCUT2D eigenvalue weighted by Gasteiger charge is -2.30. The molecule has 2 amide bonds.